The van der Waals surface area contributed by atoms with Crippen LogP contribution < -0.4 is 11.1 Å². The minimum Gasteiger partial charge on any atom is -0.379 e. The number of nitrogens with two attached hydrogens (primary N) is 1. The Kier molecular flexibility index (Phi) is 7.08. The van der Waals surface area contributed by atoms with Gasteiger partial charge in [0.25, 0.3) is 0 Å². The van der Waals surface area contributed by atoms with Crippen molar-refractivity contribution < 1.29 is 4.74 Å². The van der Waals surface area contributed by atoms with Gasteiger partial charge in [0.2, 0.25) is 0 Å². The van der Waals surface area contributed by atoms with Crippen molar-refractivity contribution in [1.29, 1.82) is 0 Å². The fourth-order valence-corrected chi connectivity index (χ4v) is 3.16. The van der Waals surface area contributed by atoms with Crippen LogP contribution in [0, 0.1) is 6.92 Å². The zero-order valence-electron chi connectivity index (χ0n) is 13.5. The molecule has 6 nitrogen and oxygen atoms in total. The van der Waals surface area contributed by atoms with Gasteiger partial charge in [0.05, 0.1) is 24.8 Å². The Labute approximate surface area is 136 Å². The molecule has 2 heterocycles. The third kappa shape index (κ3) is 5.90. The molecule has 1 aromatic rings. The summed E-state index contributed by atoms with van der Waals surface area (Å²) in [7, 11) is 0. The number of hydrogen-bond donors (Lipinski definition) is 2. The van der Waals surface area contributed by atoms with Gasteiger partial charge in [0.1, 0.15) is 0 Å². The second kappa shape index (κ2) is 9.07. The molecule has 1 saturated heterocycles. The highest BCUT2D eigenvalue weighted by Gasteiger charge is 2.10. The zero-order chi connectivity index (χ0) is 15.8. The zero-order valence-corrected chi connectivity index (χ0v) is 14.4. The molecular weight excluding hydrogens is 298 g/mol. The second-order valence-corrected chi connectivity index (χ2v) is 6.58. The lowest BCUT2D eigenvalue weighted by molar-refractivity contribution is 0.0376. The van der Waals surface area contributed by atoms with Gasteiger partial charge in [-0.25, -0.2) is 4.98 Å². The molecule has 0 aliphatic carbocycles. The first-order valence-electron chi connectivity index (χ1n) is 7.91. The van der Waals surface area contributed by atoms with Gasteiger partial charge < -0.3 is 15.8 Å². The first kappa shape index (κ1) is 17.2. The van der Waals surface area contributed by atoms with Crippen molar-refractivity contribution in [1.82, 2.24) is 15.2 Å². The Balaban J connectivity index is 1.60. The molecule has 1 atom stereocenters. The van der Waals surface area contributed by atoms with E-state index in [1.807, 2.05) is 6.92 Å². The highest BCUT2D eigenvalue weighted by Crippen LogP contribution is 2.19. The maximum Gasteiger partial charge on any atom is 0.188 e. The predicted octanol–water partition coefficient (Wildman–Crippen LogP) is 1.18. The van der Waals surface area contributed by atoms with Gasteiger partial charge in [0.15, 0.2) is 5.96 Å². The standard InChI is InChI=1S/C15H27N5OS/c1-12(14-19-13(2)11-22-14)10-18-15(16)17-4-3-5-20-6-8-21-9-7-20/h11-12H,3-10H2,1-2H3,(H3,16,17,18). The molecule has 22 heavy (non-hydrogen) atoms. The van der Waals surface area contributed by atoms with Crippen LogP contribution in [0.25, 0.3) is 0 Å². The summed E-state index contributed by atoms with van der Waals surface area (Å²) in [6.45, 7) is 10.5. The summed E-state index contributed by atoms with van der Waals surface area (Å²) in [6, 6.07) is 0. The number of nitrogens with one attached hydrogen (secondary N) is 1. The lowest BCUT2D eigenvalue weighted by Gasteiger charge is -2.26. The summed E-state index contributed by atoms with van der Waals surface area (Å²) in [4.78, 5) is 11.3. The van der Waals surface area contributed by atoms with E-state index >= 15 is 0 Å². The van der Waals surface area contributed by atoms with Crippen LogP contribution in [0.2, 0.25) is 0 Å². The molecule has 1 fully saturated rings. The Morgan fingerprint density at radius 3 is 3.00 bits per heavy atom. The number of morpholine rings is 1. The summed E-state index contributed by atoms with van der Waals surface area (Å²) < 4.78 is 5.34. The van der Waals surface area contributed by atoms with Crippen LogP contribution in [0.1, 0.15) is 30.0 Å². The van der Waals surface area contributed by atoms with E-state index in [0.29, 0.717) is 18.4 Å². The van der Waals surface area contributed by atoms with Crippen molar-refractivity contribution in [3.63, 3.8) is 0 Å². The van der Waals surface area contributed by atoms with E-state index < -0.39 is 0 Å². The fourth-order valence-electron chi connectivity index (χ4n) is 2.31. The summed E-state index contributed by atoms with van der Waals surface area (Å²) in [5.74, 6) is 0.842. The molecule has 124 valence electrons. The number of rotatable bonds is 7. The third-order valence-corrected chi connectivity index (χ3v) is 4.85. The number of hydrogen-bond acceptors (Lipinski definition) is 5. The highest BCUT2D eigenvalue weighted by atomic mass is 32.1. The van der Waals surface area contributed by atoms with Gasteiger partial charge >= 0.3 is 0 Å². The molecule has 0 saturated carbocycles. The number of aromatic nitrogens is 1. The molecular formula is C15H27N5OS. The van der Waals surface area contributed by atoms with Crippen LogP contribution >= 0.6 is 11.3 Å². The van der Waals surface area contributed by atoms with E-state index in [2.05, 4.69) is 32.5 Å². The largest absolute Gasteiger partial charge is 0.379 e. The molecule has 0 radical (unpaired) electrons. The average Bonchev–Trinajstić information content (AvgIpc) is 2.97. The lowest BCUT2D eigenvalue weighted by Crippen LogP contribution is -2.39. The molecule has 0 amide bonds. The van der Waals surface area contributed by atoms with Gasteiger partial charge in [-0.1, -0.05) is 6.92 Å². The smallest absolute Gasteiger partial charge is 0.188 e. The van der Waals surface area contributed by atoms with E-state index in [1.165, 1.54) is 0 Å². The highest BCUT2D eigenvalue weighted by molar-refractivity contribution is 7.09. The average molecular weight is 325 g/mol. The fraction of sp³-hybridized carbons (Fsp3) is 0.733. The Morgan fingerprint density at radius 2 is 2.32 bits per heavy atom. The number of aliphatic imine (C=N–C) groups is 1. The normalized spacial score (nSPS) is 18.4. The van der Waals surface area contributed by atoms with Crippen molar-refractivity contribution in [2.24, 2.45) is 10.7 Å². The quantitative estimate of drug-likeness (QED) is 0.447. The Hall–Kier alpha value is -1.18. The van der Waals surface area contributed by atoms with Crippen LogP contribution in [0.5, 0.6) is 0 Å². The Bertz CT molecular complexity index is 470. The number of guanidine groups is 1. The molecule has 1 aromatic heterocycles. The first-order chi connectivity index (χ1) is 10.6. The molecule has 7 heteroatoms. The summed E-state index contributed by atoms with van der Waals surface area (Å²) in [5.41, 5.74) is 6.99. The molecule has 0 bridgehead atoms. The molecule has 3 N–H and O–H groups in total. The predicted molar refractivity (Wildman–Crippen MR) is 91.6 cm³/mol. The van der Waals surface area contributed by atoms with Gasteiger partial charge in [-0.2, -0.15) is 0 Å². The van der Waals surface area contributed by atoms with Crippen LogP contribution in [0.3, 0.4) is 0 Å². The number of ether oxygens (including phenoxy) is 1. The number of thiazole rings is 1. The molecule has 0 aromatic carbocycles. The van der Waals surface area contributed by atoms with E-state index in [0.717, 1.165) is 56.5 Å². The number of nitrogens with zero attached hydrogens (tertiary/aromatic N) is 3. The summed E-state index contributed by atoms with van der Waals surface area (Å²) in [6.07, 6.45) is 1.07. The lowest BCUT2D eigenvalue weighted by atomic mass is 10.2. The van der Waals surface area contributed by atoms with E-state index in [4.69, 9.17) is 10.5 Å². The molecule has 0 spiro atoms. The maximum absolute atomic E-state index is 5.91. The van der Waals surface area contributed by atoms with E-state index in [9.17, 15) is 0 Å². The van der Waals surface area contributed by atoms with Crippen LogP contribution in [-0.4, -0.2) is 61.8 Å². The molecule has 1 aliphatic heterocycles. The van der Waals surface area contributed by atoms with Gasteiger partial charge in [0, 0.05) is 36.6 Å². The van der Waals surface area contributed by atoms with E-state index in [1.54, 1.807) is 11.3 Å². The van der Waals surface area contributed by atoms with Gasteiger partial charge in [-0.3, -0.25) is 9.89 Å². The van der Waals surface area contributed by atoms with E-state index in [-0.39, 0.29) is 0 Å². The third-order valence-electron chi connectivity index (χ3n) is 3.65. The van der Waals surface area contributed by atoms with Crippen molar-refractivity contribution in [3.8, 4) is 0 Å². The van der Waals surface area contributed by atoms with Crippen molar-refractivity contribution >= 4 is 17.3 Å². The van der Waals surface area contributed by atoms with Gasteiger partial charge in [-0.15, -0.1) is 11.3 Å². The summed E-state index contributed by atoms with van der Waals surface area (Å²) >= 11 is 1.69. The van der Waals surface area contributed by atoms with Crippen LogP contribution in [0.15, 0.2) is 10.4 Å². The second-order valence-electron chi connectivity index (χ2n) is 5.69. The SMILES string of the molecule is Cc1csc(C(C)CN=C(N)NCCCN2CCOCC2)n1. The monoisotopic (exact) mass is 325 g/mol. The van der Waals surface area contributed by atoms with Crippen molar-refractivity contribution in [2.45, 2.75) is 26.2 Å². The minimum atomic E-state index is 0.312. The maximum atomic E-state index is 5.91. The molecule has 2 rings (SSSR count). The first-order valence-corrected chi connectivity index (χ1v) is 8.79. The molecule has 1 unspecified atom stereocenters. The van der Waals surface area contributed by atoms with Crippen molar-refractivity contribution in [3.05, 3.63) is 16.1 Å². The number of aryl methyl sites for hydroxylation is 1. The summed E-state index contributed by atoms with van der Waals surface area (Å²) in [5, 5.41) is 6.39. The van der Waals surface area contributed by atoms with Gasteiger partial charge in [-0.05, 0) is 19.9 Å². The minimum absolute atomic E-state index is 0.312. The van der Waals surface area contributed by atoms with Crippen molar-refractivity contribution in [2.75, 3.05) is 45.9 Å². The molecule has 1 aliphatic rings. The Morgan fingerprint density at radius 1 is 1.55 bits per heavy atom. The topological polar surface area (TPSA) is 75.8 Å². The van der Waals surface area contributed by atoms with Crippen LogP contribution in [-0.2, 0) is 4.74 Å². The van der Waals surface area contributed by atoms with Crippen LogP contribution in [0.4, 0.5) is 0 Å².